The van der Waals surface area contributed by atoms with E-state index in [1.165, 1.54) is 5.57 Å². The number of ether oxygens (including phenoxy) is 5. The molecule has 2 unspecified atom stereocenters. The molecule has 1 aromatic rings. The van der Waals surface area contributed by atoms with Gasteiger partial charge in [-0.25, -0.2) is 0 Å². The summed E-state index contributed by atoms with van der Waals surface area (Å²) in [6.45, 7) is 10.5. The Hall–Kier alpha value is -1.32. The van der Waals surface area contributed by atoms with Gasteiger partial charge >= 0.3 is 0 Å². The molecule has 2 aliphatic heterocycles. The number of epoxide rings is 1. The molecule has 1 aromatic carbocycles. The lowest BCUT2D eigenvalue weighted by molar-refractivity contribution is -0.192. The van der Waals surface area contributed by atoms with Gasteiger partial charge in [0.05, 0.1) is 44.7 Å². The van der Waals surface area contributed by atoms with E-state index in [1.54, 1.807) is 0 Å². The van der Waals surface area contributed by atoms with E-state index >= 15 is 0 Å². The predicted molar refractivity (Wildman–Crippen MR) is 138 cm³/mol. The quantitative estimate of drug-likeness (QED) is 0.136. The van der Waals surface area contributed by atoms with Gasteiger partial charge < -0.3 is 33.9 Å². The molecule has 2 aliphatic rings. The average Bonchev–Trinajstić information content (AvgIpc) is 3.48. The first-order valence-corrected chi connectivity index (χ1v) is 13.3. The molecular formula is C29H46O7. The maximum absolute atomic E-state index is 11.4. The second-order valence-electron chi connectivity index (χ2n) is 10.9. The van der Waals surface area contributed by atoms with Crippen molar-refractivity contribution < 1.29 is 33.9 Å². The zero-order valence-corrected chi connectivity index (χ0v) is 22.5. The van der Waals surface area contributed by atoms with Crippen LogP contribution in [0.1, 0.15) is 71.8 Å². The van der Waals surface area contributed by atoms with Crippen molar-refractivity contribution in [1.29, 1.82) is 0 Å². The molecule has 3 rings (SSSR count). The van der Waals surface area contributed by atoms with Crippen LogP contribution in [0, 0.1) is 5.92 Å². The van der Waals surface area contributed by atoms with Gasteiger partial charge in [-0.3, -0.25) is 0 Å². The third kappa shape index (κ3) is 8.62. The highest BCUT2D eigenvalue weighted by molar-refractivity contribution is 5.13. The van der Waals surface area contributed by atoms with Gasteiger partial charge in [-0.05, 0) is 52.0 Å². The van der Waals surface area contributed by atoms with Crippen LogP contribution in [-0.4, -0.2) is 66.5 Å². The number of allylic oxidation sites excluding steroid dienone is 1. The number of hydrogen-bond donors (Lipinski definition) is 2. The fraction of sp³-hybridized carbons (Fsp3) is 0.724. The third-order valence-electron chi connectivity index (χ3n) is 7.50. The Balaban J connectivity index is 1.52. The first-order valence-electron chi connectivity index (χ1n) is 13.3. The molecule has 2 fully saturated rings. The lowest BCUT2D eigenvalue weighted by Crippen LogP contribution is -2.43. The van der Waals surface area contributed by atoms with Gasteiger partial charge in [-0.1, -0.05) is 55.3 Å². The van der Waals surface area contributed by atoms with Crippen molar-refractivity contribution in [2.24, 2.45) is 5.92 Å². The highest BCUT2D eigenvalue weighted by Crippen LogP contribution is 2.38. The smallest absolute Gasteiger partial charge is 0.174 e. The van der Waals surface area contributed by atoms with Crippen molar-refractivity contribution >= 4 is 0 Å². The largest absolute Gasteiger partial charge is 0.393 e. The van der Waals surface area contributed by atoms with E-state index in [0.717, 1.165) is 24.8 Å². The maximum atomic E-state index is 11.4. The second-order valence-corrected chi connectivity index (χ2v) is 10.9. The van der Waals surface area contributed by atoms with Crippen molar-refractivity contribution in [3.63, 3.8) is 0 Å². The second kappa shape index (κ2) is 13.5. The lowest BCUT2D eigenvalue weighted by Gasteiger charge is -2.36. The Kier molecular flexibility index (Phi) is 10.9. The summed E-state index contributed by atoms with van der Waals surface area (Å²) in [4.78, 5) is 0. The van der Waals surface area contributed by atoms with Crippen molar-refractivity contribution in [2.45, 2.75) is 95.9 Å². The van der Waals surface area contributed by atoms with Gasteiger partial charge in [0.2, 0.25) is 0 Å². The molecular weight excluding hydrogens is 460 g/mol. The summed E-state index contributed by atoms with van der Waals surface area (Å²) < 4.78 is 29.4. The van der Waals surface area contributed by atoms with Crippen molar-refractivity contribution in [1.82, 2.24) is 0 Å². The Morgan fingerprint density at radius 3 is 2.44 bits per heavy atom. The topological polar surface area (TPSA) is 89.9 Å². The van der Waals surface area contributed by atoms with E-state index in [4.69, 9.17) is 23.7 Å². The number of aliphatic hydroxyl groups is 2. The summed E-state index contributed by atoms with van der Waals surface area (Å²) in [6, 6.07) is 9.94. The molecule has 204 valence electrons. The molecule has 4 atom stereocenters. The summed E-state index contributed by atoms with van der Waals surface area (Å²) in [6.07, 6.45) is 5.94. The molecule has 0 radical (unpaired) electrons. The predicted octanol–water partition coefficient (Wildman–Crippen LogP) is 4.74. The fourth-order valence-electron chi connectivity index (χ4n) is 4.82. The summed E-state index contributed by atoms with van der Waals surface area (Å²) in [5.74, 6) is -0.390. The molecule has 0 spiro atoms. The van der Waals surface area contributed by atoms with Crippen LogP contribution in [0.3, 0.4) is 0 Å². The Bertz CT molecular complexity index is 793. The van der Waals surface area contributed by atoms with Crippen LogP contribution in [0.5, 0.6) is 0 Å². The first kappa shape index (κ1) is 29.2. The van der Waals surface area contributed by atoms with Crippen LogP contribution in [0.25, 0.3) is 0 Å². The van der Waals surface area contributed by atoms with E-state index in [-0.39, 0.29) is 19.3 Å². The fourth-order valence-corrected chi connectivity index (χ4v) is 4.82. The van der Waals surface area contributed by atoms with Crippen LogP contribution in [0.4, 0.5) is 0 Å². The van der Waals surface area contributed by atoms with Crippen molar-refractivity contribution in [2.75, 3.05) is 33.2 Å². The minimum Gasteiger partial charge on any atom is -0.393 e. The minimum atomic E-state index is -1.05. The standard InChI is InChI=1S/C29H46O7/c1-23(2)12-16-29(34-17-18-35-29)24(3)9-8-14-27(4,31)26(13-15-28(20-30)21-36-28)33-22-32-19-25-10-6-5-7-11-25/h5-7,10-12,24,26,30-31H,8-9,13-22H2,1-4H3/t24?,26-,27+,28?/m1/s1. The molecule has 7 nitrogen and oxygen atoms in total. The molecule has 0 saturated carbocycles. The van der Waals surface area contributed by atoms with Gasteiger partial charge in [-0.2, -0.15) is 0 Å². The van der Waals surface area contributed by atoms with Gasteiger partial charge in [0.15, 0.2) is 5.79 Å². The SMILES string of the molecule is CC(C)=CCC1(C(C)CCC[C@](C)(O)[C@@H](CCC2(CO)CO2)OCOCc2ccccc2)OCCO1. The Morgan fingerprint density at radius 2 is 1.83 bits per heavy atom. The van der Waals surface area contributed by atoms with Crippen LogP contribution in [-0.2, 0) is 30.3 Å². The minimum absolute atomic E-state index is 0.0162. The number of benzene rings is 1. The van der Waals surface area contributed by atoms with Crippen LogP contribution >= 0.6 is 0 Å². The van der Waals surface area contributed by atoms with E-state index < -0.39 is 23.1 Å². The highest BCUT2D eigenvalue weighted by atomic mass is 16.7. The molecule has 0 amide bonds. The molecule has 2 saturated heterocycles. The van der Waals surface area contributed by atoms with Gasteiger partial charge in [0.25, 0.3) is 0 Å². The number of aliphatic hydroxyl groups excluding tert-OH is 1. The summed E-state index contributed by atoms with van der Waals surface area (Å²) in [7, 11) is 0. The van der Waals surface area contributed by atoms with Crippen molar-refractivity contribution in [3.8, 4) is 0 Å². The summed E-state index contributed by atoms with van der Waals surface area (Å²) in [5.41, 5.74) is 0.790. The van der Waals surface area contributed by atoms with Gasteiger partial charge in [0, 0.05) is 12.3 Å². The normalized spacial score (nSPS) is 24.2. The average molecular weight is 507 g/mol. The maximum Gasteiger partial charge on any atom is 0.174 e. The first-order chi connectivity index (χ1) is 17.2. The molecule has 7 heteroatoms. The van der Waals surface area contributed by atoms with Crippen LogP contribution in [0.2, 0.25) is 0 Å². The van der Waals surface area contributed by atoms with Crippen molar-refractivity contribution in [3.05, 3.63) is 47.5 Å². The Labute approximate surface area is 216 Å². The summed E-state index contributed by atoms with van der Waals surface area (Å²) in [5, 5.41) is 21.1. The zero-order chi connectivity index (χ0) is 26.1. The zero-order valence-electron chi connectivity index (χ0n) is 22.5. The van der Waals surface area contributed by atoms with Crippen LogP contribution < -0.4 is 0 Å². The lowest BCUT2D eigenvalue weighted by atomic mass is 9.85. The highest BCUT2D eigenvalue weighted by Gasteiger charge is 2.46. The summed E-state index contributed by atoms with van der Waals surface area (Å²) >= 11 is 0. The van der Waals surface area contributed by atoms with E-state index in [9.17, 15) is 10.2 Å². The van der Waals surface area contributed by atoms with E-state index in [2.05, 4.69) is 26.8 Å². The van der Waals surface area contributed by atoms with Gasteiger partial charge in [0.1, 0.15) is 12.4 Å². The molecule has 36 heavy (non-hydrogen) atoms. The molecule has 2 N–H and O–H groups in total. The number of hydrogen-bond acceptors (Lipinski definition) is 7. The van der Waals surface area contributed by atoms with E-state index in [1.807, 2.05) is 37.3 Å². The van der Waals surface area contributed by atoms with Gasteiger partial charge in [-0.15, -0.1) is 0 Å². The Morgan fingerprint density at radius 1 is 1.14 bits per heavy atom. The molecule has 0 aromatic heterocycles. The molecule has 0 bridgehead atoms. The monoisotopic (exact) mass is 506 g/mol. The van der Waals surface area contributed by atoms with E-state index in [0.29, 0.717) is 45.7 Å². The molecule has 0 aliphatic carbocycles. The molecule has 2 heterocycles. The third-order valence-corrected chi connectivity index (χ3v) is 7.50. The number of rotatable bonds is 17. The van der Waals surface area contributed by atoms with Crippen LogP contribution in [0.15, 0.2) is 42.0 Å².